The molecule has 28 heavy (non-hydrogen) atoms. The summed E-state index contributed by atoms with van der Waals surface area (Å²) >= 11 is 1.53. The van der Waals surface area contributed by atoms with Crippen molar-refractivity contribution in [2.45, 2.75) is 57.8 Å². The second kappa shape index (κ2) is 13.3. The summed E-state index contributed by atoms with van der Waals surface area (Å²) in [4.78, 5) is 47.6. The van der Waals surface area contributed by atoms with Crippen molar-refractivity contribution < 1.29 is 29.4 Å². The van der Waals surface area contributed by atoms with E-state index in [0.29, 0.717) is 12.2 Å². The molecule has 0 rings (SSSR count). The van der Waals surface area contributed by atoms with Crippen LogP contribution in [-0.4, -0.2) is 76.7 Å². The maximum Gasteiger partial charge on any atom is 0.326 e. The predicted molar refractivity (Wildman–Crippen MR) is 107 cm³/mol. The molecular weight excluding hydrogens is 388 g/mol. The van der Waals surface area contributed by atoms with E-state index in [2.05, 4.69) is 16.0 Å². The van der Waals surface area contributed by atoms with Crippen LogP contribution < -0.4 is 21.7 Å². The summed E-state index contributed by atoms with van der Waals surface area (Å²) in [7, 11) is 0. The van der Waals surface area contributed by atoms with E-state index in [1.54, 1.807) is 0 Å². The van der Waals surface area contributed by atoms with Gasteiger partial charge in [0.1, 0.15) is 18.1 Å². The predicted octanol–water partition coefficient (Wildman–Crippen LogP) is -1.34. The maximum absolute atomic E-state index is 12.2. The molecule has 0 aromatic heterocycles. The molecule has 0 bridgehead atoms. The second-order valence-electron chi connectivity index (χ2n) is 6.89. The number of carboxylic acid groups (broad SMARTS) is 1. The molecule has 7 N–H and O–H groups in total. The van der Waals surface area contributed by atoms with Gasteiger partial charge in [0.05, 0.1) is 12.6 Å². The zero-order valence-electron chi connectivity index (χ0n) is 16.7. The molecule has 0 aromatic rings. The van der Waals surface area contributed by atoms with Crippen LogP contribution in [0.3, 0.4) is 0 Å². The highest BCUT2D eigenvalue weighted by Crippen LogP contribution is 2.05. The van der Waals surface area contributed by atoms with Gasteiger partial charge in [-0.3, -0.25) is 14.4 Å². The first-order chi connectivity index (χ1) is 13.0. The molecule has 0 heterocycles. The zero-order valence-corrected chi connectivity index (χ0v) is 17.5. The van der Waals surface area contributed by atoms with Gasteiger partial charge in [0, 0.05) is 0 Å². The highest BCUT2D eigenvalue weighted by molar-refractivity contribution is 7.98. The van der Waals surface area contributed by atoms with E-state index in [4.69, 9.17) is 5.73 Å². The zero-order chi connectivity index (χ0) is 21.9. The van der Waals surface area contributed by atoms with Crippen molar-refractivity contribution in [2.24, 2.45) is 11.7 Å². The molecule has 0 aromatic carbocycles. The first-order valence-electron chi connectivity index (χ1n) is 9.02. The number of hydrogen-bond donors (Lipinski definition) is 6. The number of carbonyl (C=O) groups is 4. The van der Waals surface area contributed by atoms with E-state index in [-0.39, 0.29) is 12.3 Å². The third kappa shape index (κ3) is 9.90. The van der Waals surface area contributed by atoms with Gasteiger partial charge in [-0.1, -0.05) is 13.8 Å². The minimum atomic E-state index is -1.27. The molecule has 0 aliphatic heterocycles. The molecule has 0 aliphatic carbocycles. The van der Waals surface area contributed by atoms with Gasteiger partial charge in [0.25, 0.3) is 0 Å². The van der Waals surface area contributed by atoms with Crippen LogP contribution >= 0.6 is 11.8 Å². The lowest BCUT2D eigenvalue weighted by Crippen LogP contribution is -2.57. The standard InChI is InChI=1S/C17H32N4O6S/c1-9(2)7-12(17(26)27)20-14(23)10(3)19-16(25)13(8-22)21-15(24)11(18)5-6-28-4/h9-13,22H,5-8,18H2,1-4H3,(H,19,25)(H,20,23)(H,21,24)(H,26,27). The fraction of sp³-hybridized carbons (Fsp3) is 0.765. The van der Waals surface area contributed by atoms with Crippen LogP contribution in [-0.2, 0) is 19.2 Å². The lowest BCUT2D eigenvalue weighted by atomic mass is 10.0. The third-order valence-corrected chi connectivity index (χ3v) is 4.50. The summed E-state index contributed by atoms with van der Waals surface area (Å²) in [6.45, 7) is 4.35. The van der Waals surface area contributed by atoms with Crippen molar-refractivity contribution in [1.82, 2.24) is 16.0 Å². The molecule has 0 saturated heterocycles. The quantitative estimate of drug-likeness (QED) is 0.213. The number of aliphatic hydroxyl groups excluding tert-OH is 1. The monoisotopic (exact) mass is 420 g/mol. The summed E-state index contributed by atoms with van der Waals surface area (Å²) in [5.74, 6) is -2.48. The minimum Gasteiger partial charge on any atom is -0.480 e. The minimum absolute atomic E-state index is 0.0515. The first-order valence-corrected chi connectivity index (χ1v) is 10.4. The molecule has 0 radical (unpaired) electrons. The molecule has 0 aliphatic rings. The van der Waals surface area contributed by atoms with Crippen LogP contribution in [0.2, 0.25) is 0 Å². The number of carbonyl (C=O) groups excluding carboxylic acids is 3. The molecule has 0 spiro atoms. The van der Waals surface area contributed by atoms with Crippen LogP contribution in [0.1, 0.15) is 33.6 Å². The molecule has 11 heteroatoms. The SMILES string of the molecule is CSCCC(N)C(=O)NC(CO)C(=O)NC(C)C(=O)NC(CC(C)C)C(=O)O. The third-order valence-electron chi connectivity index (χ3n) is 3.86. The van der Waals surface area contributed by atoms with Gasteiger partial charge < -0.3 is 31.9 Å². The number of nitrogens with one attached hydrogen (secondary N) is 3. The fourth-order valence-electron chi connectivity index (χ4n) is 2.22. The molecule has 4 atom stereocenters. The summed E-state index contributed by atoms with van der Waals surface area (Å²) in [6.07, 6.45) is 2.53. The number of thioether (sulfide) groups is 1. The average Bonchev–Trinajstić information content (AvgIpc) is 2.62. The Bertz CT molecular complexity index is 546. The number of aliphatic carboxylic acids is 1. The van der Waals surface area contributed by atoms with E-state index >= 15 is 0 Å². The highest BCUT2D eigenvalue weighted by atomic mass is 32.2. The van der Waals surface area contributed by atoms with E-state index in [0.717, 1.165) is 0 Å². The van der Waals surface area contributed by atoms with Gasteiger partial charge >= 0.3 is 5.97 Å². The molecule has 0 saturated carbocycles. The van der Waals surface area contributed by atoms with Crippen LogP contribution in [0.15, 0.2) is 0 Å². The van der Waals surface area contributed by atoms with Gasteiger partial charge in [0.15, 0.2) is 0 Å². The lowest BCUT2D eigenvalue weighted by molar-refractivity contribution is -0.142. The summed E-state index contributed by atoms with van der Waals surface area (Å²) in [5.41, 5.74) is 5.72. The van der Waals surface area contributed by atoms with Crippen molar-refractivity contribution in [2.75, 3.05) is 18.6 Å². The number of hydrogen-bond acceptors (Lipinski definition) is 7. The highest BCUT2D eigenvalue weighted by Gasteiger charge is 2.28. The van der Waals surface area contributed by atoms with E-state index < -0.39 is 54.5 Å². The average molecular weight is 421 g/mol. The van der Waals surface area contributed by atoms with E-state index in [1.165, 1.54) is 18.7 Å². The van der Waals surface area contributed by atoms with Crippen LogP contribution in [0.4, 0.5) is 0 Å². The normalized spacial score (nSPS) is 15.2. The van der Waals surface area contributed by atoms with Gasteiger partial charge in [-0.2, -0.15) is 11.8 Å². The van der Waals surface area contributed by atoms with Crippen LogP contribution in [0.5, 0.6) is 0 Å². The van der Waals surface area contributed by atoms with Gasteiger partial charge in [-0.05, 0) is 37.7 Å². The number of rotatable bonds is 13. The number of carboxylic acids is 1. The second-order valence-corrected chi connectivity index (χ2v) is 7.88. The molecular formula is C17H32N4O6S. The Morgan fingerprint density at radius 3 is 2.00 bits per heavy atom. The van der Waals surface area contributed by atoms with Crippen molar-refractivity contribution in [1.29, 1.82) is 0 Å². The summed E-state index contributed by atoms with van der Waals surface area (Å²) < 4.78 is 0. The topological polar surface area (TPSA) is 171 Å². The van der Waals surface area contributed by atoms with E-state index in [9.17, 15) is 29.4 Å². The Morgan fingerprint density at radius 1 is 0.964 bits per heavy atom. The largest absolute Gasteiger partial charge is 0.480 e. The Labute approximate surface area is 169 Å². The number of amides is 3. The summed E-state index contributed by atoms with van der Waals surface area (Å²) in [5, 5.41) is 25.6. The lowest BCUT2D eigenvalue weighted by Gasteiger charge is -2.23. The number of nitrogens with two attached hydrogens (primary N) is 1. The Balaban J connectivity index is 4.75. The fourth-order valence-corrected chi connectivity index (χ4v) is 2.71. The molecule has 4 unspecified atom stereocenters. The molecule has 10 nitrogen and oxygen atoms in total. The first kappa shape index (κ1) is 26.1. The maximum atomic E-state index is 12.2. The smallest absolute Gasteiger partial charge is 0.326 e. The molecule has 3 amide bonds. The van der Waals surface area contributed by atoms with Crippen molar-refractivity contribution in [3.63, 3.8) is 0 Å². The Morgan fingerprint density at radius 2 is 1.54 bits per heavy atom. The molecule has 0 fully saturated rings. The van der Waals surface area contributed by atoms with E-state index in [1.807, 2.05) is 20.1 Å². The van der Waals surface area contributed by atoms with Crippen LogP contribution in [0.25, 0.3) is 0 Å². The Kier molecular flexibility index (Phi) is 12.5. The Hall–Kier alpha value is -1.85. The molecule has 162 valence electrons. The van der Waals surface area contributed by atoms with Gasteiger partial charge in [0.2, 0.25) is 17.7 Å². The van der Waals surface area contributed by atoms with Crippen molar-refractivity contribution >= 4 is 35.5 Å². The number of aliphatic hydroxyl groups is 1. The van der Waals surface area contributed by atoms with Crippen LogP contribution in [0, 0.1) is 5.92 Å². The van der Waals surface area contributed by atoms with Gasteiger partial charge in [-0.25, -0.2) is 4.79 Å². The summed E-state index contributed by atoms with van der Waals surface area (Å²) in [6, 6.07) is -4.22. The van der Waals surface area contributed by atoms with Gasteiger partial charge in [-0.15, -0.1) is 0 Å². The van der Waals surface area contributed by atoms with Crippen molar-refractivity contribution in [3.05, 3.63) is 0 Å². The van der Waals surface area contributed by atoms with Crippen molar-refractivity contribution in [3.8, 4) is 0 Å².